The summed E-state index contributed by atoms with van der Waals surface area (Å²) in [5.74, 6) is 0.796. The topological polar surface area (TPSA) is 82.7 Å². The Morgan fingerprint density at radius 2 is 2.35 bits per heavy atom. The van der Waals surface area contributed by atoms with Crippen LogP contribution in [0.1, 0.15) is 17.4 Å². The average Bonchev–Trinajstić information content (AvgIpc) is 2.83. The van der Waals surface area contributed by atoms with Gasteiger partial charge in [0.05, 0.1) is 0 Å². The molecular formula is C11H13N5O. The summed E-state index contributed by atoms with van der Waals surface area (Å²) < 4.78 is 0. The molecule has 1 amide bonds. The molecule has 0 aliphatic rings. The maximum absolute atomic E-state index is 11.8. The number of imidazole rings is 1. The van der Waals surface area contributed by atoms with Crippen LogP contribution < -0.4 is 10.6 Å². The van der Waals surface area contributed by atoms with Crippen LogP contribution in [0.4, 0.5) is 11.8 Å². The fourth-order valence-corrected chi connectivity index (χ4v) is 1.35. The first-order valence-corrected chi connectivity index (χ1v) is 5.31. The van der Waals surface area contributed by atoms with E-state index in [-0.39, 0.29) is 5.91 Å². The molecule has 2 aromatic rings. The molecule has 0 saturated heterocycles. The Balaban J connectivity index is 2.11. The van der Waals surface area contributed by atoms with E-state index in [1.165, 1.54) is 0 Å². The number of H-pyrrole nitrogens is 1. The highest BCUT2D eigenvalue weighted by Gasteiger charge is 2.08. The van der Waals surface area contributed by atoms with Crippen molar-refractivity contribution in [1.82, 2.24) is 15.0 Å². The fourth-order valence-electron chi connectivity index (χ4n) is 1.35. The number of hydrogen-bond donors (Lipinski definition) is 3. The van der Waals surface area contributed by atoms with Crippen molar-refractivity contribution in [3.8, 4) is 0 Å². The second kappa shape index (κ2) is 5.11. The van der Waals surface area contributed by atoms with Gasteiger partial charge in [-0.05, 0) is 19.1 Å². The van der Waals surface area contributed by atoms with Gasteiger partial charge >= 0.3 is 0 Å². The maximum atomic E-state index is 11.8. The summed E-state index contributed by atoms with van der Waals surface area (Å²) >= 11 is 0. The van der Waals surface area contributed by atoms with Gasteiger partial charge in [0.2, 0.25) is 5.95 Å². The highest BCUT2D eigenvalue weighted by atomic mass is 16.2. The fraction of sp³-hybridized carbons (Fsp3) is 0.182. The van der Waals surface area contributed by atoms with Crippen LogP contribution in [-0.2, 0) is 0 Å². The number of rotatable bonds is 4. The normalized spacial score (nSPS) is 9.94. The van der Waals surface area contributed by atoms with Crippen LogP contribution in [0.2, 0.25) is 0 Å². The molecule has 0 fully saturated rings. The number of amides is 1. The Morgan fingerprint density at radius 1 is 1.47 bits per heavy atom. The van der Waals surface area contributed by atoms with Crippen LogP contribution in [0, 0.1) is 0 Å². The van der Waals surface area contributed by atoms with Crippen molar-refractivity contribution in [2.45, 2.75) is 6.92 Å². The Bertz CT molecular complexity index is 494. The van der Waals surface area contributed by atoms with Crippen LogP contribution >= 0.6 is 0 Å². The van der Waals surface area contributed by atoms with Gasteiger partial charge in [-0.1, -0.05) is 6.07 Å². The molecule has 3 N–H and O–H groups in total. The molecule has 88 valence electrons. The van der Waals surface area contributed by atoms with E-state index < -0.39 is 0 Å². The molecule has 0 atom stereocenters. The molecular weight excluding hydrogens is 218 g/mol. The highest BCUT2D eigenvalue weighted by molar-refractivity contribution is 6.02. The average molecular weight is 231 g/mol. The van der Waals surface area contributed by atoms with E-state index in [9.17, 15) is 4.79 Å². The highest BCUT2D eigenvalue weighted by Crippen LogP contribution is 2.06. The Hall–Kier alpha value is -2.37. The van der Waals surface area contributed by atoms with Gasteiger partial charge < -0.3 is 10.3 Å². The monoisotopic (exact) mass is 231 g/mol. The van der Waals surface area contributed by atoms with E-state index >= 15 is 0 Å². The first-order valence-electron chi connectivity index (χ1n) is 5.31. The largest absolute Gasteiger partial charge is 0.370 e. The first-order chi connectivity index (χ1) is 8.29. The molecule has 0 aromatic carbocycles. The minimum Gasteiger partial charge on any atom is -0.370 e. The maximum Gasteiger partial charge on any atom is 0.276 e. The summed E-state index contributed by atoms with van der Waals surface area (Å²) in [5.41, 5.74) is 0.347. The summed E-state index contributed by atoms with van der Waals surface area (Å²) in [6.45, 7) is 2.73. The molecule has 6 nitrogen and oxygen atoms in total. The van der Waals surface area contributed by atoms with Gasteiger partial charge in [-0.3, -0.25) is 10.1 Å². The molecule has 2 rings (SSSR count). The van der Waals surface area contributed by atoms with Crippen molar-refractivity contribution in [1.29, 1.82) is 0 Å². The summed E-state index contributed by atoms with van der Waals surface area (Å²) in [4.78, 5) is 22.7. The zero-order chi connectivity index (χ0) is 12.1. The molecule has 0 radical (unpaired) electrons. The first kappa shape index (κ1) is 11.1. The minimum absolute atomic E-state index is 0.292. The van der Waals surface area contributed by atoms with Gasteiger partial charge in [0.15, 0.2) is 0 Å². The summed E-state index contributed by atoms with van der Waals surface area (Å²) in [5, 5.41) is 5.66. The van der Waals surface area contributed by atoms with Crippen LogP contribution in [0.5, 0.6) is 0 Å². The Morgan fingerprint density at radius 3 is 3.06 bits per heavy atom. The third-order valence-electron chi connectivity index (χ3n) is 2.07. The number of hydrogen-bond acceptors (Lipinski definition) is 4. The van der Waals surface area contributed by atoms with Crippen molar-refractivity contribution in [3.05, 3.63) is 36.3 Å². The number of carbonyl (C=O) groups excluding carboxylic acids is 1. The summed E-state index contributed by atoms with van der Waals surface area (Å²) in [6, 6.07) is 5.24. The molecule has 0 saturated carbocycles. The molecule has 0 spiro atoms. The quantitative estimate of drug-likeness (QED) is 0.744. The molecule has 0 unspecified atom stereocenters. The number of aromatic nitrogens is 3. The number of aromatic amines is 1. The van der Waals surface area contributed by atoms with Crippen LogP contribution in [0.3, 0.4) is 0 Å². The molecule has 0 aliphatic carbocycles. The van der Waals surface area contributed by atoms with Gasteiger partial charge in [-0.15, -0.1) is 0 Å². The van der Waals surface area contributed by atoms with E-state index in [1.807, 2.05) is 13.0 Å². The van der Waals surface area contributed by atoms with Crippen molar-refractivity contribution in [3.63, 3.8) is 0 Å². The lowest BCUT2D eigenvalue weighted by Gasteiger charge is -2.05. The molecule has 17 heavy (non-hydrogen) atoms. The van der Waals surface area contributed by atoms with Crippen molar-refractivity contribution < 1.29 is 4.79 Å². The second-order valence-corrected chi connectivity index (χ2v) is 3.33. The lowest BCUT2D eigenvalue weighted by Crippen LogP contribution is -2.15. The predicted molar refractivity (Wildman–Crippen MR) is 64.9 cm³/mol. The third-order valence-corrected chi connectivity index (χ3v) is 2.07. The molecule has 2 heterocycles. The van der Waals surface area contributed by atoms with Gasteiger partial charge in [0, 0.05) is 18.9 Å². The molecule has 2 aromatic heterocycles. The van der Waals surface area contributed by atoms with E-state index in [1.54, 1.807) is 24.5 Å². The van der Waals surface area contributed by atoms with Gasteiger partial charge in [0.25, 0.3) is 5.91 Å². The molecule has 0 aliphatic heterocycles. The number of carbonyl (C=O) groups is 1. The molecule has 0 bridgehead atoms. The SMILES string of the molecule is CCNc1cccc(C(=O)Nc2ncc[nH]2)n1. The summed E-state index contributed by atoms with van der Waals surface area (Å²) in [6.07, 6.45) is 3.20. The van der Waals surface area contributed by atoms with Crippen LogP contribution in [0.25, 0.3) is 0 Å². The van der Waals surface area contributed by atoms with Gasteiger partial charge in [0.1, 0.15) is 11.5 Å². The number of pyridine rings is 1. The zero-order valence-electron chi connectivity index (χ0n) is 9.40. The standard InChI is InChI=1S/C11H13N5O/c1-2-12-9-5-3-4-8(15-9)10(17)16-11-13-6-7-14-11/h3-7H,2H2,1H3,(H,12,15)(H2,13,14,16,17). The lowest BCUT2D eigenvalue weighted by atomic mass is 10.3. The van der Waals surface area contributed by atoms with Gasteiger partial charge in [-0.25, -0.2) is 9.97 Å². The van der Waals surface area contributed by atoms with Crippen LogP contribution in [-0.4, -0.2) is 27.4 Å². The van der Waals surface area contributed by atoms with E-state index in [0.29, 0.717) is 17.5 Å². The second-order valence-electron chi connectivity index (χ2n) is 3.33. The Kier molecular flexibility index (Phi) is 3.34. The predicted octanol–water partition coefficient (Wildman–Crippen LogP) is 1.49. The number of nitrogens with zero attached hydrogens (tertiary/aromatic N) is 2. The van der Waals surface area contributed by atoms with Crippen molar-refractivity contribution in [2.24, 2.45) is 0 Å². The summed E-state index contributed by atoms with van der Waals surface area (Å²) in [7, 11) is 0. The smallest absolute Gasteiger partial charge is 0.276 e. The Labute approximate surface area is 98.5 Å². The van der Waals surface area contributed by atoms with Crippen molar-refractivity contribution in [2.75, 3.05) is 17.2 Å². The number of nitrogens with one attached hydrogen (secondary N) is 3. The van der Waals surface area contributed by atoms with Crippen molar-refractivity contribution >= 4 is 17.7 Å². The van der Waals surface area contributed by atoms with Gasteiger partial charge in [-0.2, -0.15) is 0 Å². The van der Waals surface area contributed by atoms with E-state index in [4.69, 9.17) is 0 Å². The zero-order valence-corrected chi connectivity index (χ0v) is 9.40. The van der Waals surface area contributed by atoms with Crippen LogP contribution in [0.15, 0.2) is 30.6 Å². The lowest BCUT2D eigenvalue weighted by molar-refractivity contribution is 0.102. The van der Waals surface area contributed by atoms with E-state index in [2.05, 4.69) is 25.6 Å². The minimum atomic E-state index is -0.292. The molecule has 6 heteroatoms. The van der Waals surface area contributed by atoms with E-state index in [0.717, 1.165) is 6.54 Å². The number of anilines is 2. The third kappa shape index (κ3) is 2.81.